The first-order valence-electron chi connectivity index (χ1n) is 10.4. The Hall–Kier alpha value is -1.92. The number of piperidine rings is 1. The lowest BCUT2D eigenvalue weighted by atomic mass is 9.77. The number of carbonyl (C=O) groups is 2. The maximum absolute atomic E-state index is 12.6. The summed E-state index contributed by atoms with van der Waals surface area (Å²) in [5, 5.41) is 3.05. The van der Waals surface area contributed by atoms with Gasteiger partial charge in [0.1, 0.15) is 0 Å². The third-order valence-corrected chi connectivity index (χ3v) is 6.28. The summed E-state index contributed by atoms with van der Waals surface area (Å²) in [4.78, 5) is 29.2. The molecule has 6 heteroatoms. The highest BCUT2D eigenvalue weighted by Gasteiger charge is 2.45. The van der Waals surface area contributed by atoms with Gasteiger partial charge in [0, 0.05) is 39.8 Å². The molecule has 1 aromatic rings. The van der Waals surface area contributed by atoms with E-state index in [2.05, 4.69) is 10.2 Å². The quantitative estimate of drug-likeness (QED) is 0.694. The predicted molar refractivity (Wildman–Crippen MR) is 109 cm³/mol. The molecule has 2 fully saturated rings. The molecular weight excluding hydrogens is 354 g/mol. The molecule has 1 atom stereocenters. The SMILES string of the molecule is COCCCN1CC2(CCN(C(C)C(=O)NCc3ccccc3)CC2)CC1=O. The lowest BCUT2D eigenvalue weighted by molar-refractivity contribution is -0.129. The van der Waals surface area contributed by atoms with Crippen molar-refractivity contribution in [2.75, 3.05) is 39.9 Å². The summed E-state index contributed by atoms with van der Waals surface area (Å²) in [6.07, 6.45) is 3.51. The average molecular weight is 388 g/mol. The van der Waals surface area contributed by atoms with Gasteiger partial charge in [-0.15, -0.1) is 0 Å². The summed E-state index contributed by atoms with van der Waals surface area (Å²) >= 11 is 0. The first-order chi connectivity index (χ1) is 13.5. The molecule has 0 bridgehead atoms. The molecule has 0 saturated carbocycles. The van der Waals surface area contributed by atoms with E-state index >= 15 is 0 Å². The molecule has 1 spiro atoms. The second kappa shape index (κ2) is 9.52. The van der Waals surface area contributed by atoms with E-state index in [4.69, 9.17) is 4.74 Å². The van der Waals surface area contributed by atoms with Crippen LogP contribution in [-0.4, -0.2) is 67.6 Å². The van der Waals surface area contributed by atoms with Crippen molar-refractivity contribution in [3.8, 4) is 0 Å². The summed E-state index contributed by atoms with van der Waals surface area (Å²) in [6.45, 7) is 6.63. The highest BCUT2D eigenvalue weighted by Crippen LogP contribution is 2.41. The minimum Gasteiger partial charge on any atom is -0.385 e. The van der Waals surface area contributed by atoms with Gasteiger partial charge in [0.25, 0.3) is 0 Å². The van der Waals surface area contributed by atoms with E-state index in [1.807, 2.05) is 42.2 Å². The van der Waals surface area contributed by atoms with Gasteiger partial charge >= 0.3 is 0 Å². The van der Waals surface area contributed by atoms with Crippen molar-refractivity contribution >= 4 is 11.8 Å². The van der Waals surface area contributed by atoms with Gasteiger partial charge in [-0.2, -0.15) is 0 Å². The molecule has 2 saturated heterocycles. The molecule has 0 aromatic heterocycles. The number of amides is 2. The Morgan fingerprint density at radius 3 is 2.64 bits per heavy atom. The third kappa shape index (κ3) is 5.11. The van der Waals surface area contributed by atoms with Gasteiger partial charge in [-0.05, 0) is 50.3 Å². The fourth-order valence-corrected chi connectivity index (χ4v) is 4.40. The average Bonchev–Trinajstić information content (AvgIpc) is 3.02. The van der Waals surface area contributed by atoms with Crippen LogP contribution in [0.5, 0.6) is 0 Å². The molecule has 1 unspecified atom stereocenters. The van der Waals surface area contributed by atoms with E-state index in [0.717, 1.165) is 51.0 Å². The van der Waals surface area contributed by atoms with Crippen LogP contribution in [0.1, 0.15) is 38.2 Å². The highest BCUT2D eigenvalue weighted by molar-refractivity contribution is 5.81. The summed E-state index contributed by atoms with van der Waals surface area (Å²) in [5.74, 6) is 0.349. The van der Waals surface area contributed by atoms with Crippen molar-refractivity contribution in [1.82, 2.24) is 15.1 Å². The Morgan fingerprint density at radius 2 is 1.96 bits per heavy atom. The number of rotatable bonds is 8. The van der Waals surface area contributed by atoms with Crippen molar-refractivity contribution < 1.29 is 14.3 Å². The maximum atomic E-state index is 12.6. The summed E-state index contributed by atoms with van der Waals surface area (Å²) < 4.78 is 5.10. The molecule has 3 rings (SSSR count). The summed E-state index contributed by atoms with van der Waals surface area (Å²) in [5.41, 5.74) is 1.21. The fourth-order valence-electron chi connectivity index (χ4n) is 4.40. The van der Waals surface area contributed by atoms with Gasteiger partial charge in [0.15, 0.2) is 0 Å². The minimum atomic E-state index is -0.143. The van der Waals surface area contributed by atoms with E-state index < -0.39 is 0 Å². The zero-order valence-corrected chi connectivity index (χ0v) is 17.2. The van der Waals surface area contributed by atoms with Crippen LogP contribution in [0.25, 0.3) is 0 Å². The van der Waals surface area contributed by atoms with E-state index in [-0.39, 0.29) is 23.3 Å². The Kier molecular flexibility index (Phi) is 7.08. The van der Waals surface area contributed by atoms with Crippen LogP contribution < -0.4 is 5.32 Å². The van der Waals surface area contributed by atoms with Gasteiger partial charge in [-0.25, -0.2) is 0 Å². The molecule has 154 valence electrons. The van der Waals surface area contributed by atoms with E-state index in [0.29, 0.717) is 19.6 Å². The van der Waals surface area contributed by atoms with Crippen molar-refractivity contribution in [2.45, 2.75) is 45.2 Å². The number of ether oxygens (including phenoxy) is 1. The van der Waals surface area contributed by atoms with Gasteiger partial charge in [0.05, 0.1) is 6.04 Å². The normalized spacial score (nSPS) is 20.5. The Labute approximate surface area is 168 Å². The van der Waals surface area contributed by atoms with Gasteiger partial charge in [-0.1, -0.05) is 30.3 Å². The van der Waals surface area contributed by atoms with Crippen LogP contribution in [0.2, 0.25) is 0 Å². The van der Waals surface area contributed by atoms with E-state index in [9.17, 15) is 9.59 Å². The molecule has 2 heterocycles. The van der Waals surface area contributed by atoms with E-state index in [1.54, 1.807) is 7.11 Å². The Balaban J connectivity index is 1.45. The second-order valence-corrected chi connectivity index (χ2v) is 8.25. The standard InChI is InChI=1S/C22H33N3O3/c1-18(21(27)23-16-19-7-4-3-5-8-19)24-12-9-22(10-13-24)15-20(26)25(17-22)11-6-14-28-2/h3-5,7-8,18H,6,9-17H2,1-2H3,(H,23,27). The molecule has 1 N–H and O–H groups in total. The lowest BCUT2D eigenvalue weighted by Gasteiger charge is -2.40. The first kappa shape index (κ1) is 20.8. The largest absolute Gasteiger partial charge is 0.385 e. The Bertz CT molecular complexity index is 656. The zero-order valence-electron chi connectivity index (χ0n) is 17.2. The highest BCUT2D eigenvalue weighted by atomic mass is 16.5. The molecule has 2 amide bonds. The van der Waals surface area contributed by atoms with Crippen LogP contribution >= 0.6 is 0 Å². The van der Waals surface area contributed by atoms with Crippen molar-refractivity contribution in [2.24, 2.45) is 5.41 Å². The lowest BCUT2D eigenvalue weighted by Crippen LogP contribution is -2.50. The first-order valence-corrected chi connectivity index (χ1v) is 10.4. The van der Waals surface area contributed by atoms with Crippen LogP contribution in [0.15, 0.2) is 30.3 Å². The minimum absolute atomic E-state index is 0.0727. The van der Waals surface area contributed by atoms with Crippen LogP contribution in [-0.2, 0) is 20.9 Å². The van der Waals surface area contributed by atoms with Crippen LogP contribution in [0, 0.1) is 5.41 Å². The van der Waals surface area contributed by atoms with Crippen LogP contribution in [0.4, 0.5) is 0 Å². The topological polar surface area (TPSA) is 61.9 Å². The molecule has 0 aliphatic carbocycles. The van der Waals surface area contributed by atoms with Gasteiger partial charge in [-0.3, -0.25) is 14.5 Å². The molecule has 28 heavy (non-hydrogen) atoms. The summed E-state index contributed by atoms with van der Waals surface area (Å²) in [7, 11) is 1.69. The summed E-state index contributed by atoms with van der Waals surface area (Å²) in [6, 6.07) is 9.84. The molecular formula is C22H33N3O3. The number of carbonyl (C=O) groups excluding carboxylic acids is 2. The molecule has 2 aliphatic heterocycles. The molecule has 1 aromatic carbocycles. The van der Waals surface area contributed by atoms with Crippen LogP contribution in [0.3, 0.4) is 0 Å². The Morgan fingerprint density at radius 1 is 1.25 bits per heavy atom. The van der Waals surface area contributed by atoms with Crippen molar-refractivity contribution in [3.05, 3.63) is 35.9 Å². The molecule has 0 radical (unpaired) electrons. The number of hydrogen-bond donors (Lipinski definition) is 1. The third-order valence-electron chi connectivity index (χ3n) is 6.28. The van der Waals surface area contributed by atoms with Gasteiger partial charge < -0.3 is 15.0 Å². The maximum Gasteiger partial charge on any atom is 0.237 e. The molecule has 2 aliphatic rings. The number of methoxy groups -OCH3 is 1. The monoisotopic (exact) mass is 387 g/mol. The second-order valence-electron chi connectivity index (χ2n) is 8.25. The van der Waals surface area contributed by atoms with E-state index in [1.165, 1.54) is 0 Å². The number of nitrogens with one attached hydrogen (secondary N) is 1. The molecule has 6 nitrogen and oxygen atoms in total. The fraction of sp³-hybridized carbons (Fsp3) is 0.636. The number of nitrogens with zero attached hydrogens (tertiary/aromatic N) is 2. The number of hydrogen-bond acceptors (Lipinski definition) is 4. The smallest absolute Gasteiger partial charge is 0.237 e. The number of likely N-dealkylation sites (tertiary alicyclic amines) is 2. The number of benzene rings is 1. The van der Waals surface area contributed by atoms with Crippen molar-refractivity contribution in [1.29, 1.82) is 0 Å². The van der Waals surface area contributed by atoms with Crippen molar-refractivity contribution in [3.63, 3.8) is 0 Å². The predicted octanol–water partition coefficient (Wildman–Crippen LogP) is 2.04. The zero-order chi connectivity index (χ0) is 20.0. The van der Waals surface area contributed by atoms with Gasteiger partial charge in [0.2, 0.25) is 11.8 Å².